The lowest BCUT2D eigenvalue weighted by molar-refractivity contribution is -0.0305. The molecule has 1 heterocycles. The normalized spacial score (nSPS) is 27.7. The van der Waals surface area contributed by atoms with Gasteiger partial charge in [-0.05, 0) is 45.1 Å². The Morgan fingerprint density at radius 2 is 1.62 bits per heavy atom. The van der Waals surface area contributed by atoms with E-state index in [9.17, 15) is 0 Å². The van der Waals surface area contributed by atoms with E-state index in [4.69, 9.17) is 24.3 Å². The van der Waals surface area contributed by atoms with Crippen molar-refractivity contribution in [3.8, 4) is 0 Å². The Morgan fingerprint density at radius 3 is 2.12 bits per heavy atom. The van der Waals surface area contributed by atoms with Gasteiger partial charge in [0.1, 0.15) is 6.10 Å². The van der Waals surface area contributed by atoms with Gasteiger partial charge in [0.15, 0.2) is 0 Å². The average Bonchev–Trinajstić information content (AvgIpc) is 3.26. The first-order valence-corrected chi connectivity index (χ1v) is 8.60. The van der Waals surface area contributed by atoms with E-state index in [0.29, 0.717) is 5.92 Å². The second kappa shape index (κ2) is 6.43. The number of aliphatic hydroxyl groups excluding tert-OH is 2. The third kappa shape index (κ3) is 3.39. The highest BCUT2D eigenvalue weighted by Crippen LogP contribution is 2.44. The number of hydrogen-bond acceptors (Lipinski definition) is 5. The molecule has 1 aromatic rings. The zero-order valence-corrected chi connectivity index (χ0v) is 14.9. The first kappa shape index (κ1) is 17.9. The molecule has 1 aliphatic heterocycles. The third-order valence-corrected chi connectivity index (χ3v) is 5.40. The van der Waals surface area contributed by atoms with Crippen LogP contribution in [0.3, 0.4) is 0 Å². The Morgan fingerprint density at radius 1 is 1.08 bits per heavy atom. The average molecular weight is 334 g/mol. The summed E-state index contributed by atoms with van der Waals surface area (Å²) < 4.78 is 17.8. The van der Waals surface area contributed by atoms with Gasteiger partial charge in [0.25, 0.3) is 0 Å². The van der Waals surface area contributed by atoms with Crippen LogP contribution in [0, 0.1) is 0 Å². The van der Waals surface area contributed by atoms with Gasteiger partial charge in [0.2, 0.25) is 0 Å². The molecule has 1 saturated heterocycles. The molecular weight excluding hydrogens is 307 g/mol. The van der Waals surface area contributed by atoms with Crippen LogP contribution >= 0.6 is 0 Å². The summed E-state index contributed by atoms with van der Waals surface area (Å²) in [4.78, 5) is 0. The van der Waals surface area contributed by atoms with Crippen LogP contribution in [0.25, 0.3) is 0 Å². The van der Waals surface area contributed by atoms with E-state index in [-0.39, 0.29) is 37.6 Å². The Balaban J connectivity index is 1.62. The number of benzene rings is 1. The molecule has 6 heteroatoms. The van der Waals surface area contributed by atoms with Crippen molar-refractivity contribution in [1.29, 1.82) is 0 Å². The predicted molar refractivity (Wildman–Crippen MR) is 92.3 cm³/mol. The molecule has 0 spiro atoms. The van der Waals surface area contributed by atoms with Gasteiger partial charge in [-0.3, -0.25) is 0 Å². The number of hydrogen-bond donors (Lipinski definition) is 2. The quantitative estimate of drug-likeness (QED) is 0.766. The molecular formula is C18H27BO5. The molecule has 0 amide bonds. The molecule has 2 aliphatic rings. The fourth-order valence-electron chi connectivity index (χ4n) is 2.94. The summed E-state index contributed by atoms with van der Waals surface area (Å²) in [6.07, 6.45) is 0.521. The lowest BCUT2D eigenvalue weighted by atomic mass is 9.78. The van der Waals surface area contributed by atoms with Crippen molar-refractivity contribution in [3.05, 3.63) is 29.8 Å². The second-order valence-corrected chi connectivity index (χ2v) is 7.76. The van der Waals surface area contributed by atoms with Crippen LogP contribution in [-0.2, 0) is 14.0 Å². The summed E-state index contributed by atoms with van der Waals surface area (Å²) >= 11 is 0. The van der Waals surface area contributed by atoms with Crippen LogP contribution in [0.15, 0.2) is 24.3 Å². The lowest BCUT2D eigenvalue weighted by Crippen LogP contribution is -2.41. The Bertz CT molecular complexity index is 551. The monoisotopic (exact) mass is 334 g/mol. The molecule has 132 valence electrons. The summed E-state index contributed by atoms with van der Waals surface area (Å²) in [5.74, 6) is 0.331. The minimum Gasteiger partial charge on any atom is -0.399 e. The van der Waals surface area contributed by atoms with E-state index < -0.39 is 6.10 Å². The maximum absolute atomic E-state index is 9.09. The number of aliphatic hydroxyl groups is 2. The van der Waals surface area contributed by atoms with Crippen LogP contribution < -0.4 is 5.46 Å². The van der Waals surface area contributed by atoms with Crippen LogP contribution in [-0.4, -0.2) is 54.0 Å². The number of ether oxygens (including phenoxy) is 1. The van der Waals surface area contributed by atoms with Crippen molar-refractivity contribution in [2.75, 3.05) is 13.2 Å². The Labute approximate surface area is 144 Å². The third-order valence-electron chi connectivity index (χ3n) is 5.40. The molecule has 24 heavy (non-hydrogen) atoms. The van der Waals surface area contributed by atoms with Gasteiger partial charge < -0.3 is 24.3 Å². The van der Waals surface area contributed by atoms with Gasteiger partial charge in [0, 0.05) is 5.92 Å². The summed E-state index contributed by atoms with van der Waals surface area (Å²) in [5.41, 5.74) is 1.54. The van der Waals surface area contributed by atoms with E-state index in [1.54, 1.807) is 0 Å². The van der Waals surface area contributed by atoms with E-state index >= 15 is 0 Å². The molecule has 2 N–H and O–H groups in total. The lowest BCUT2D eigenvalue weighted by Gasteiger charge is -2.32. The molecule has 1 aliphatic carbocycles. The van der Waals surface area contributed by atoms with Crippen molar-refractivity contribution in [3.63, 3.8) is 0 Å². The molecule has 1 unspecified atom stereocenters. The van der Waals surface area contributed by atoms with Gasteiger partial charge in [-0.25, -0.2) is 0 Å². The highest BCUT2D eigenvalue weighted by Gasteiger charge is 2.51. The molecule has 1 saturated carbocycles. The Hall–Kier alpha value is -0.915. The molecule has 1 aromatic carbocycles. The largest absolute Gasteiger partial charge is 0.494 e. The van der Waals surface area contributed by atoms with E-state index in [1.165, 1.54) is 5.56 Å². The zero-order chi connectivity index (χ0) is 17.5. The first-order chi connectivity index (χ1) is 11.3. The molecule has 5 nitrogen and oxygen atoms in total. The van der Waals surface area contributed by atoms with Crippen molar-refractivity contribution < 1.29 is 24.3 Å². The summed E-state index contributed by atoms with van der Waals surface area (Å²) in [6.45, 7) is 7.89. The van der Waals surface area contributed by atoms with Crippen molar-refractivity contribution in [2.24, 2.45) is 0 Å². The van der Waals surface area contributed by atoms with E-state index in [2.05, 4.69) is 12.1 Å². The molecule has 0 bridgehead atoms. The highest BCUT2D eigenvalue weighted by atomic mass is 16.7. The van der Waals surface area contributed by atoms with E-state index in [0.717, 1.165) is 11.9 Å². The predicted octanol–water partition coefficient (Wildman–Crippen LogP) is 1.21. The van der Waals surface area contributed by atoms with E-state index in [1.807, 2.05) is 39.8 Å². The fourth-order valence-corrected chi connectivity index (χ4v) is 2.94. The van der Waals surface area contributed by atoms with Crippen LogP contribution in [0.1, 0.15) is 45.6 Å². The fraction of sp³-hybridized carbons (Fsp3) is 0.667. The van der Waals surface area contributed by atoms with Crippen molar-refractivity contribution >= 4 is 12.6 Å². The summed E-state index contributed by atoms with van der Waals surface area (Å²) in [5, 5.41) is 18.2. The van der Waals surface area contributed by atoms with Crippen LogP contribution in [0.4, 0.5) is 0 Å². The van der Waals surface area contributed by atoms with Gasteiger partial charge in [-0.15, -0.1) is 0 Å². The molecule has 2 fully saturated rings. The Kier molecular flexibility index (Phi) is 4.79. The standard InChI is InChI=1S/C18H27BO5/c1-17(2)18(3,4)24-19(23-17)13-7-5-12(6-8-13)15-9-16(15)22-14(10-20)11-21/h5-8,14-16,20-21H,9-11H2,1-4H3/t15?,16-/m1/s1. The second-order valence-electron chi connectivity index (χ2n) is 7.76. The van der Waals surface area contributed by atoms with Gasteiger partial charge in [-0.2, -0.15) is 0 Å². The molecule has 3 rings (SSSR count). The first-order valence-electron chi connectivity index (χ1n) is 8.60. The van der Waals surface area contributed by atoms with Gasteiger partial charge in [-0.1, -0.05) is 24.3 Å². The SMILES string of the molecule is CC1(C)OB(c2ccc(C3C[C@H]3OC(CO)CO)cc2)OC1(C)C. The minimum absolute atomic E-state index is 0.0806. The molecule has 0 aromatic heterocycles. The zero-order valence-electron chi connectivity index (χ0n) is 14.9. The van der Waals surface area contributed by atoms with Gasteiger partial charge >= 0.3 is 7.12 Å². The maximum atomic E-state index is 9.09. The molecule has 0 radical (unpaired) electrons. The molecule has 2 atom stereocenters. The maximum Gasteiger partial charge on any atom is 0.494 e. The summed E-state index contributed by atoms with van der Waals surface area (Å²) in [7, 11) is -0.344. The van der Waals surface area contributed by atoms with Crippen LogP contribution in [0.2, 0.25) is 0 Å². The van der Waals surface area contributed by atoms with Gasteiger partial charge in [0.05, 0.1) is 30.5 Å². The van der Waals surface area contributed by atoms with Crippen LogP contribution in [0.5, 0.6) is 0 Å². The highest BCUT2D eigenvalue weighted by molar-refractivity contribution is 6.62. The van der Waals surface area contributed by atoms with Crippen molar-refractivity contribution in [1.82, 2.24) is 0 Å². The minimum atomic E-state index is -0.482. The summed E-state index contributed by atoms with van der Waals surface area (Å²) in [6, 6.07) is 8.26. The smallest absolute Gasteiger partial charge is 0.399 e. The van der Waals surface area contributed by atoms with Crippen molar-refractivity contribution in [2.45, 2.75) is 63.4 Å². The number of rotatable bonds is 6. The topological polar surface area (TPSA) is 68.2 Å².